The highest BCUT2D eigenvalue weighted by Gasteiger charge is 2.09. The summed E-state index contributed by atoms with van der Waals surface area (Å²) in [5, 5.41) is 0. The first-order valence-electron chi connectivity index (χ1n) is 6.83. The average molecular weight is 255 g/mol. The largest absolute Gasteiger partial charge is 0.327 e. The van der Waals surface area contributed by atoms with Crippen molar-refractivity contribution in [2.75, 3.05) is 0 Å². The van der Waals surface area contributed by atoms with Gasteiger partial charge in [0.05, 0.1) is 0 Å². The molecule has 1 atom stereocenters. The monoisotopic (exact) mass is 255 g/mol. The zero-order valence-corrected chi connectivity index (χ0v) is 11.1. The summed E-state index contributed by atoms with van der Waals surface area (Å²) >= 11 is 0. The van der Waals surface area contributed by atoms with E-state index in [0.29, 0.717) is 12.0 Å². The summed E-state index contributed by atoms with van der Waals surface area (Å²) in [6, 6.07) is 3.66. The first kappa shape index (κ1) is 15.1. The molecule has 0 spiro atoms. The second-order valence-corrected chi connectivity index (χ2v) is 4.90. The summed E-state index contributed by atoms with van der Waals surface area (Å²) in [4.78, 5) is 0. The molecular formula is C15H23F2N. The van der Waals surface area contributed by atoms with Crippen LogP contribution < -0.4 is 5.73 Å². The highest BCUT2D eigenvalue weighted by Crippen LogP contribution is 2.14. The van der Waals surface area contributed by atoms with Crippen molar-refractivity contribution in [2.24, 2.45) is 5.73 Å². The molecule has 0 saturated carbocycles. The van der Waals surface area contributed by atoms with Gasteiger partial charge >= 0.3 is 0 Å². The Morgan fingerprint density at radius 2 is 1.83 bits per heavy atom. The molecule has 1 rings (SSSR count). The Hall–Kier alpha value is -0.960. The number of hydrogen-bond acceptors (Lipinski definition) is 1. The van der Waals surface area contributed by atoms with E-state index in [1.807, 2.05) is 0 Å². The fourth-order valence-electron chi connectivity index (χ4n) is 2.08. The van der Waals surface area contributed by atoms with E-state index in [-0.39, 0.29) is 6.04 Å². The first-order valence-corrected chi connectivity index (χ1v) is 6.83. The van der Waals surface area contributed by atoms with Gasteiger partial charge in [0.15, 0.2) is 0 Å². The summed E-state index contributed by atoms with van der Waals surface area (Å²) in [7, 11) is 0. The first-order chi connectivity index (χ1) is 8.63. The molecule has 0 aliphatic heterocycles. The number of halogens is 2. The van der Waals surface area contributed by atoms with E-state index in [1.165, 1.54) is 37.8 Å². The highest BCUT2D eigenvalue weighted by atomic mass is 19.1. The van der Waals surface area contributed by atoms with Crippen LogP contribution in [0, 0.1) is 11.6 Å². The minimum atomic E-state index is -0.538. The van der Waals surface area contributed by atoms with Gasteiger partial charge in [-0.15, -0.1) is 0 Å². The van der Waals surface area contributed by atoms with Gasteiger partial charge in [0.25, 0.3) is 0 Å². The predicted molar refractivity (Wildman–Crippen MR) is 71.4 cm³/mol. The number of benzene rings is 1. The summed E-state index contributed by atoms with van der Waals surface area (Å²) < 4.78 is 26.1. The summed E-state index contributed by atoms with van der Waals surface area (Å²) in [6.07, 6.45) is 7.40. The van der Waals surface area contributed by atoms with Crippen LogP contribution in [-0.2, 0) is 6.42 Å². The van der Waals surface area contributed by atoms with Crippen LogP contribution in [0.4, 0.5) is 8.78 Å². The number of rotatable bonds is 8. The van der Waals surface area contributed by atoms with E-state index < -0.39 is 11.6 Å². The average Bonchev–Trinajstić information content (AvgIpc) is 2.32. The smallest absolute Gasteiger partial charge is 0.129 e. The van der Waals surface area contributed by atoms with Gasteiger partial charge in [-0.05, 0) is 24.5 Å². The van der Waals surface area contributed by atoms with Crippen LogP contribution in [0.15, 0.2) is 18.2 Å². The summed E-state index contributed by atoms with van der Waals surface area (Å²) in [6.45, 7) is 2.18. The van der Waals surface area contributed by atoms with E-state index >= 15 is 0 Å². The van der Waals surface area contributed by atoms with Crippen LogP contribution in [0.25, 0.3) is 0 Å². The lowest BCUT2D eigenvalue weighted by molar-refractivity contribution is 0.520. The molecule has 2 N–H and O–H groups in total. The Kier molecular flexibility index (Phi) is 6.88. The molecule has 0 fully saturated rings. The molecule has 0 amide bonds. The van der Waals surface area contributed by atoms with Gasteiger partial charge in [0, 0.05) is 12.1 Å². The molecule has 0 radical (unpaired) electrons. The minimum absolute atomic E-state index is 0.0356. The zero-order valence-electron chi connectivity index (χ0n) is 11.1. The second kappa shape index (κ2) is 8.20. The van der Waals surface area contributed by atoms with E-state index in [9.17, 15) is 8.78 Å². The third-order valence-electron chi connectivity index (χ3n) is 3.18. The van der Waals surface area contributed by atoms with Gasteiger partial charge < -0.3 is 5.73 Å². The molecule has 1 unspecified atom stereocenters. The fraction of sp³-hybridized carbons (Fsp3) is 0.600. The quantitative estimate of drug-likeness (QED) is 0.692. The van der Waals surface area contributed by atoms with Crippen molar-refractivity contribution < 1.29 is 8.78 Å². The number of nitrogens with two attached hydrogens (primary N) is 1. The van der Waals surface area contributed by atoms with Crippen molar-refractivity contribution in [3.63, 3.8) is 0 Å². The van der Waals surface area contributed by atoms with E-state index in [4.69, 9.17) is 5.73 Å². The highest BCUT2D eigenvalue weighted by molar-refractivity contribution is 5.19. The van der Waals surface area contributed by atoms with Crippen LogP contribution in [0.5, 0.6) is 0 Å². The SMILES string of the molecule is CCCCCCCC(N)Cc1ccc(F)cc1F. The zero-order chi connectivity index (χ0) is 13.4. The maximum Gasteiger partial charge on any atom is 0.129 e. The standard InChI is InChI=1S/C15H23F2N/c1-2-3-4-5-6-7-14(18)10-12-8-9-13(16)11-15(12)17/h8-9,11,14H,2-7,10,18H2,1H3. The lowest BCUT2D eigenvalue weighted by atomic mass is 10.00. The Morgan fingerprint density at radius 1 is 1.11 bits per heavy atom. The maximum absolute atomic E-state index is 13.4. The molecule has 0 aromatic heterocycles. The predicted octanol–water partition coefficient (Wildman–Crippen LogP) is 4.20. The van der Waals surface area contributed by atoms with Gasteiger partial charge in [-0.1, -0.05) is 45.1 Å². The van der Waals surface area contributed by atoms with E-state index in [2.05, 4.69) is 6.92 Å². The molecule has 1 aromatic carbocycles. The second-order valence-electron chi connectivity index (χ2n) is 4.90. The van der Waals surface area contributed by atoms with Crippen LogP contribution in [0.1, 0.15) is 51.0 Å². The van der Waals surface area contributed by atoms with E-state index in [0.717, 1.165) is 18.9 Å². The Bertz CT molecular complexity index is 352. The van der Waals surface area contributed by atoms with Gasteiger partial charge in [-0.25, -0.2) is 8.78 Å². The molecule has 0 bridgehead atoms. The topological polar surface area (TPSA) is 26.0 Å². The lowest BCUT2D eigenvalue weighted by Gasteiger charge is -2.12. The van der Waals surface area contributed by atoms with Crippen molar-refractivity contribution in [1.82, 2.24) is 0 Å². The van der Waals surface area contributed by atoms with Crippen molar-refractivity contribution >= 4 is 0 Å². The maximum atomic E-state index is 13.4. The third kappa shape index (κ3) is 5.58. The Balaban J connectivity index is 2.28. The Morgan fingerprint density at radius 3 is 2.50 bits per heavy atom. The molecule has 1 aromatic rings. The molecule has 3 heteroatoms. The lowest BCUT2D eigenvalue weighted by Crippen LogP contribution is -2.23. The molecular weight excluding hydrogens is 232 g/mol. The fourth-order valence-corrected chi connectivity index (χ4v) is 2.08. The van der Waals surface area contributed by atoms with Gasteiger partial charge in [-0.2, -0.15) is 0 Å². The van der Waals surface area contributed by atoms with Crippen LogP contribution >= 0.6 is 0 Å². The van der Waals surface area contributed by atoms with E-state index in [1.54, 1.807) is 0 Å². The molecule has 0 aliphatic carbocycles. The minimum Gasteiger partial charge on any atom is -0.327 e. The van der Waals surface area contributed by atoms with Crippen molar-refractivity contribution in [2.45, 2.75) is 57.9 Å². The number of hydrogen-bond donors (Lipinski definition) is 1. The molecule has 0 saturated heterocycles. The molecule has 1 nitrogen and oxygen atoms in total. The van der Waals surface area contributed by atoms with Crippen LogP contribution in [0.2, 0.25) is 0 Å². The van der Waals surface area contributed by atoms with Crippen molar-refractivity contribution in [1.29, 1.82) is 0 Å². The van der Waals surface area contributed by atoms with Gasteiger partial charge in [0.1, 0.15) is 11.6 Å². The van der Waals surface area contributed by atoms with Crippen LogP contribution in [-0.4, -0.2) is 6.04 Å². The number of unbranched alkanes of at least 4 members (excludes halogenated alkanes) is 4. The molecule has 0 aliphatic rings. The molecule has 18 heavy (non-hydrogen) atoms. The molecule has 0 heterocycles. The van der Waals surface area contributed by atoms with Crippen molar-refractivity contribution in [3.8, 4) is 0 Å². The normalized spacial score (nSPS) is 12.7. The van der Waals surface area contributed by atoms with Gasteiger partial charge in [-0.3, -0.25) is 0 Å². The summed E-state index contributed by atoms with van der Waals surface area (Å²) in [5.41, 5.74) is 6.48. The third-order valence-corrected chi connectivity index (χ3v) is 3.18. The van der Waals surface area contributed by atoms with Crippen LogP contribution in [0.3, 0.4) is 0 Å². The molecule has 102 valence electrons. The summed E-state index contributed by atoms with van der Waals surface area (Å²) in [5.74, 6) is -1.03. The Labute approximate surface area is 108 Å². The van der Waals surface area contributed by atoms with Crippen molar-refractivity contribution in [3.05, 3.63) is 35.4 Å². The van der Waals surface area contributed by atoms with Gasteiger partial charge in [0.2, 0.25) is 0 Å².